The molecule has 0 bridgehead atoms. The van der Waals surface area contributed by atoms with Crippen molar-refractivity contribution in [1.82, 2.24) is 10.2 Å². The quantitative estimate of drug-likeness (QED) is 0.636. The maximum absolute atomic E-state index is 13.7. The van der Waals surface area contributed by atoms with Crippen molar-refractivity contribution in [3.05, 3.63) is 39.4 Å². The van der Waals surface area contributed by atoms with Gasteiger partial charge in [-0.2, -0.15) is 4.39 Å². The molecule has 0 heterocycles. The molecule has 0 unspecified atom stereocenters. The van der Waals surface area contributed by atoms with Gasteiger partial charge in [-0.1, -0.05) is 6.92 Å². The van der Waals surface area contributed by atoms with Gasteiger partial charge in [0.15, 0.2) is 0 Å². The molecule has 0 saturated carbocycles. The van der Waals surface area contributed by atoms with Gasteiger partial charge in [0.2, 0.25) is 5.82 Å². The molecule has 1 amide bonds. The largest absolute Gasteiger partial charge is 0.351 e. The van der Waals surface area contributed by atoms with Gasteiger partial charge in [-0.3, -0.25) is 14.9 Å². The van der Waals surface area contributed by atoms with Crippen molar-refractivity contribution in [3.63, 3.8) is 0 Å². The molecule has 0 fully saturated rings. The molecule has 1 rings (SSSR count). The van der Waals surface area contributed by atoms with Crippen LogP contribution in [0, 0.1) is 21.7 Å². The number of hydrogen-bond donors (Lipinski definition) is 1. The number of rotatable bonds is 6. The van der Waals surface area contributed by atoms with Crippen LogP contribution in [0.2, 0.25) is 0 Å². The van der Waals surface area contributed by atoms with E-state index in [4.69, 9.17) is 0 Å². The molecule has 0 aromatic heterocycles. The predicted octanol–water partition coefficient (Wildman–Crippen LogP) is 1.55. The third kappa shape index (κ3) is 3.70. The summed E-state index contributed by atoms with van der Waals surface area (Å²) in [5.74, 6) is -3.60. The van der Waals surface area contributed by atoms with Crippen molar-refractivity contribution in [2.75, 3.05) is 26.7 Å². The molecule has 0 spiro atoms. The first-order valence-electron chi connectivity index (χ1n) is 5.97. The molecule has 1 aromatic rings. The van der Waals surface area contributed by atoms with Gasteiger partial charge < -0.3 is 10.2 Å². The highest BCUT2D eigenvalue weighted by Gasteiger charge is 2.25. The van der Waals surface area contributed by atoms with Crippen molar-refractivity contribution in [2.24, 2.45) is 0 Å². The molecule has 1 N–H and O–H groups in total. The van der Waals surface area contributed by atoms with Crippen molar-refractivity contribution in [3.8, 4) is 0 Å². The van der Waals surface area contributed by atoms with Crippen LogP contribution < -0.4 is 5.32 Å². The Morgan fingerprint density at radius 3 is 2.65 bits per heavy atom. The summed E-state index contributed by atoms with van der Waals surface area (Å²) in [6, 6.07) is 1.39. The van der Waals surface area contributed by atoms with E-state index in [9.17, 15) is 23.7 Å². The van der Waals surface area contributed by atoms with Gasteiger partial charge in [0.25, 0.3) is 5.91 Å². The lowest BCUT2D eigenvalue weighted by Gasteiger charge is -2.14. The second kappa shape index (κ2) is 6.90. The van der Waals surface area contributed by atoms with Crippen LogP contribution in [0.1, 0.15) is 17.3 Å². The van der Waals surface area contributed by atoms with E-state index < -0.39 is 33.7 Å². The topological polar surface area (TPSA) is 75.5 Å². The number of carbonyl (C=O) groups excluding carboxylic acids is 1. The van der Waals surface area contributed by atoms with E-state index in [1.807, 2.05) is 18.9 Å². The van der Waals surface area contributed by atoms with Crippen molar-refractivity contribution >= 4 is 11.6 Å². The van der Waals surface area contributed by atoms with E-state index in [0.717, 1.165) is 6.54 Å². The highest BCUT2D eigenvalue weighted by molar-refractivity contribution is 5.95. The van der Waals surface area contributed by atoms with Gasteiger partial charge in [0, 0.05) is 19.2 Å². The van der Waals surface area contributed by atoms with E-state index in [1.54, 1.807) is 0 Å². The molecule has 20 heavy (non-hydrogen) atoms. The number of nitro groups is 1. The molecular formula is C12H15F2N3O3. The van der Waals surface area contributed by atoms with Crippen LogP contribution in [0.25, 0.3) is 0 Å². The SMILES string of the molecule is CCN(C)CCNC(=O)c1c(F)ccc([N+](=O)[O-])c1F. The summed E-state index contributed by atoms with van der Waals surface area (Å²) >= 11 is 0. The van der Waals surface area contributed by atoms with Crippen LogP contribution in [-0.2, 0) is 0 Å². The first-order chi connectivity index (χ1) is 9.38. The Kier molecular flexibility index (Phi) is 5.51. The minimum atomic E-state index is -1.46. The minimum absolute atomic E-state index is 0.185. The molecule has 0 aliphatic rings. The lowest BCUT2D eigenvalue weighted by molar-refractivity contribution is -0.387. The molecule has 6 nitrogen and oxygen atoms in total. The van der Waals surface area contributed by atoms with Gasteiger partial charge in [-0.15, -0.1) is 0 Å². The number of likely N-dealkylation sites (N-methyl/N-ethyl adjacent to an activating group) is 1. The lowest BCUT2D eigenvalue weighted by atomic mass is 10.1. The molecule has 0 atom stereocenters. The standard InChI is InChI=1S/C12H15F2N3O3/c1-3-16(2)7-6-15-12(18)10-8(13)4-5-9(11(10)14)17(19)20/h4-5H,3,6-7H2,1-2H3,(H,15,18). The monoisotopic (exact) mass is 287 g/mol. The highest BCUT2D eigenvalue weighted by Crippen LogP contribution is 2.22. The highest BCUT2D eigenvalue weighted by atomic mass is 19.1. The number of nitrogens with one attached hydrogen (secondary N) is 1. The van der Waals surface area contributed by atoms with Gasteiger partial charge in [0.05, 0.1) is 4.92 Å². The number of hydrogen-bond acceptors (Lipinski definition) is 4. The average molecular weight is 287 g/mol. The molecule has 8 heteroatoms. The zero-order valence-electron chi connectivity index (χ0n) is 11.2. The third-order valence-electron chi connectivity index (χ3n) is 2.81. The lowest BCUT2D eigenvalue weighted by Crippen LogP contribution is -2.33. The van der Waals surface area contributed by atoms with E-state index in [-0.39, 0.29) is 6.54 Å². The van der Waals surface area contributed by atoms with Gasteiger partial charge in [-0.25, -0.2) is 4.39 Å². The van der Waals surface area contributed by atoms with Crippen LogP contribution in [0.3, 0.4) is 0 Å². The summed E-state index contributed by atoms with van der Waals surface area (Å²) in [6.45, 7) is 3.36. The summed E-state index contributed by atoms with van der Waals surface area (Å²) in [6.07, 6.45) is 0. The Morgan fingerprint density at radius 1 is 1.45 bits per heavy atom. The molecule has 0 aliphatic carbocycles. The summed E-state index contributed by atoms with van der Waals surface area (Å²) < 4.78 is 27.2. The molecule has 0 radical (unpaired) electrons. The number of halogens is 2. The average Bonchev–Trinajstić information content (AvgIpc) is 2.38. The van der Waals surface area contributed by atoms with Crippen LogP contribution in [0.4, 0.5) is 14.5 Å². The molecule has 110 valence electrons. The van der Waals surface area contributed by atoms with Crippen LogP contribution in [0.15, 0.2) is 12.1 Å². The van der Waals surface area contributed by atoms with E-state index in [1.165, 1.54) is 0 Å². The van der Waals surface area contributed by atoms with E-state index >= 15 is 0 Å². The summed E-state index contributed by atoms with van der Waals surface area (Å²) in [4.78, 5) is 23.1. The maximum atomic E-state index is 13.7. The van der Waals surface area contributed by atoms with E-state index in [0.29, 0.717) is 18.7 Å². The van der Waals surface area contributed by atoms with Crippen LogP contribution >= 0.6 is 0 Å². The molecule has 1 aromatic carbocycles. The van der Waals surface area contributed by atoms with Crippen molar-refractivity contribution in [1.29, 1.82) is 0 Å². The van der Waals surface area contributed by atoms with Crippen molar-refractivity contribution < 1.29 is 18.5 Å². The smallest absolute Gasteiger partial charge is 0.305 e. The second-order valence-corrected chi connectivity index (χ2v) is 4.16. The Morgan fingerprint density at radius 2 is 2.10 bits per heavy atom. The molecule has 0 aliphatic heterocycles. The number of benzene rings is 1. The van der Waals surface area contributed by atoms with Crippen molar-refractivity contribution in [2.45, 2.75) is 6.92 Å². The maximum Gasteiger partial charge on any atom is 0.305 e. The number of amides is 1. The summed E-state index contributed by atoms with van der Waals surface area (Å²) in [5, 5.41) is 12.9. The normalized spacial score (nSPS) is 10.7. The fraction of sp³-hybridized carbons (Fsp3) is 0.417. The minimum Gasteiger partial charge on any atom is -0.351 e. The fourth-order valence-corrected chi connectivity index (χ4v) is 1.50. The predicted molar refractivity (Wildman–Crippen MR) is 68.5 cm³/mol. The molecular weight excluding hydrogens is 272 g/mol. The summed E-state index contributed by atoms with van der Waals surface area (Å²) in [5.41, 5.74) is -1.86. The van der Waals surface area contributed by atoms with Gasteiger partial charge >= 0.3 is 5.69 Å². The fourth-order valence-electron chi connectivity index (χ4n) is 1.50. The number of nitrogens with zero attached hydrogens (tertiary/aromatic N) is 2. The Labute approximate surface area is 114 Å². The summed E-state index contributed by atoms with van der Waals surface area (Å²) in [7, 11) is 1.82. The van der Waals surface area contributed by atoms with E-state index in [2.05, 4.69) is 5.32 Å². The first-order valence-corrected chi connectivity index (χ1v) is 5.97. The van der Waals surface area contributed by atoms with Gasteiger partial charge in [0.1, 0.15) is 11.4 Å². The van der Waals surface area contributed by atoms with Gasteiger partial charge in [-0.05, 0) is 19.7 Å². The molecule has 0 saturated heterocycles. The zero-order valence-corrected chi connectivity index (χ0v) is 11.2. The third-order valence-corrected chi connectivity index (χ3v) is 2.81. The Hall–Kier alpha value is -2.09. The van der Waals surface area contributed by atoms with Crippen LogP contribution in [-0.4, -0.2) is 42.4 Å². The Bertz CT molecular complexity index is 523. The number of carbonyl (C=O) groups is 1. The zero-order chi connectivity index (χ0) is 15.3. The first kappa shape index (κ1) is 16.0. The van der Waals surface area contributed by atoms with Crippen LogP contribution in [0.5, 0.6) is 0 Å². The number of nitro benzene ring substituents is 1. The second-order valence-electron chi connectivity index (χ2n) is 4.16. The Balaban J connectivity index is 2.87.